The van der Waals surface area contributed by atoms with Gasteiger partial charge in [0, 0.05) is 23.9 Å². The van der Waals surface area contributed by atoms with Crippen molar-refractivity contribution in [2.75, 3.05) is 19.5 Å². The second-order valence-corrected chi connectivity index (χ2v) is 4.92. The topological polar surface area (TPSA) is 122 Å². The fraction of sp³-hybridized carbons (Fsp3) is 0.200. The number of aliphatic carboxylic acids is 1. The summed E-state index contributed by atoms with van der Waals surface area (Å²) < 4.78 is 10.6. The van der Waals surface area contributed by atoms with Gasteiger partial charge in [-0.15, -0.1) is 0 Å². The molecule has 0 unspecified atom stereocenters. The number of nitrogens with zero attached hydrogens (tertiary/aromatic N) is 3. The van der Waals surface area contributed by atoms with E-state index < -0.39 is 5.97 Å². The van der Waals surface area contributed by atoms with Gasteiger partial charge >= 0.3 is 5.97 Å². The molecule has 2 aromatic heterocycles. The standard InChI is InChI=1S/C15H15N5O4/c1-23-9-5-10-14(11(6-9)24-2)15(17-7-16-10)18-12-3-8(19-20-12)4-13(21)22/h3,5-7H,4H2,1-2H3,(H,21,22)(H2,16,17,18,19,20). The van der Waals surface area contributed by atoms with Gasteiger partial charge in [-0.2, -0.15) is 5.10 Å². The van der Waals surface area contributed by atoms with Gasteiger partial charge in [0.15, 0.2) is 5.82 Å². The van der Waals surface area contributed by atoms with Crippen LogP contribution in [0, 0.1) is 0 Å². The third-order valence-corrected chi connectivity index (χ3v) is 3.35. The van der Waals surface area contributed by atoms with Crippen LogP contribution in [-0.4, -0.2) is 45.5 Å². The van der Waals surface area contributed by atoms with E-state index in [1.165, 1.54) is 6.33 Å². The number of carboxylic acids is 1. The third kappa shape index (κ3) is 3.05. The number of benzene rings is 1. The van der Waals surface area contributed by atoms with Crippen molar-refractivity contribution in [3.8, 4) is 11.5 Å². The van der Waals surface area contributed by atoms with Gasteiger partial charge in [0.1, 0.15) is 23.6 Å². The molecule has 0 bridgehead atoms. The average molecular weight is 329 g/mol. The highest BCUT2D eigenvalue weighted by Gasteiger charge is 2.14. The van der Waals surface area contributed by atoms with Crippen molar-refractivity contribution < 1.29 is 19.4 Å². The monoisotopic (exact) mass is 329 g/mol. The summed E-state index contributed by atoms with van der Waals surface area (Å²) in [7, 11) is 3.11. The van der Waals surface area contributed by atoms with E-state index in [1.807, 2.05) is 0 Å². The van der Waals surface area contributed by atoms with Crippen LogP contribution >= 0.6 is 0 Å². The number of nitrogens with one attached hydrogen (secondary N) is 2. The molecule has 0 aliphatic carbocycles. The van der Waals surface area contributed by atoms with Crippen LogP contribution in [0.3, 0.4) is 0 Å². The maximum Gasteiger partial charge on any atom is 0.309 e. The molecule has 0 spiro atoms. The van der Waals surface area contributed by atoms with Crippen molar-refractivity contribution in [3.63, 3.8) is 0 Å². The number of hydrogen-bond acceptors (Lipinski definition) is 7. The van der Waals surface area contributed by atoms with Crippen LogP contribution in [0.15, 0.2) is 24.5 Å². The van der Waals surface area contributed by atoms with Gasteiger partial charge in [-0.1, -0.05) is 0 Å². The number of methoxy groups -OCH3 is 2. The first kappa shape index (κ1) is 15.5. The fourth-order valence-electron chi connectivity index (χ4n) is 2.30. The van der Waals surface area contributed by atoms with E-state index in [9.17, 15) is 4.79 Å². The predicted molar refractivity (Wildman–Crippen MR) is 85.9 cm³/mol. The first-order valence-corrected chi connectivity index (χ1v) is 7.00. The van der Waals surface area contributed by atoms with Gasteiger partial charge in [0.2, 0.25) is 0 Å². The number of anilines is 2. The number of carbonyl (C=O) groups is 1. The number of carboxylic acid groups (broad SMARTS) is 1. The van der Waals surface area contributed by atoms with E-state index in [4.69, 9.17) is 14.6 Å². The largest absolute Gasteiger partial charge is 0.497 e. The van der Waals surface area contributed by atoms with Crippen molar-refractivity contribution in [1.29, 1.82) is 0 Å². The molecule has 0 saturated heterocycles. The Labute approximate surface area is 136 Å². The molecular weight excluding hydrogens is 314 g/mol. The number of H-pyrrole nitrogens is 1. The lowest BCUT2D eigenvalue weighted by Gasteiger charge is -2.11. The summed E-state index contributed by atoms with van der Waals surface area (Å²) >= 11 is 0. The molecule has 3 aromatic rings. The zero-order valence-corrected chi connectivity index (χ0v) is 13.0. The fourth-order valence-corrected chi connectivity index (χ4v) is 2.30. The molecule has 0 saturated carbocycles. The van der Waals surface area contributed by atoms with Crippen LogP contribution in [0.4, 0.5) is 11.6 Å². The SMILES string of the molecule is COc1cc(OC)c2c(Nc3cc(CC(=O)O)[nH]n3)ncnc2c1. The molecule has 0 radical (unpaired) electrons. The van der Waals surface area contributed by atoms with Crippen LogP contribution in [0.25, 0.3) is 10.9 Å². The first-order valence-electron chi connectivity index (χ1n) is 7.00. The Balaban J connectivity index is 2.00. The summed E-state index contributed by atoms with van der Waals surface area (Å²) in [4.78, 5) is 19.2. The summed E-state index contributed by atoms with van der Waals surface area (Å²) in [6.45, 7) is 0. The number of ether oxygens (including phenoxy) is 2. The van der Waals surface area contributed by atoms with E-state index >= 15 is 0 Å². The van der Waals surface area contributed by atoms with Gasteiger partial charge in [-0.05, 0) is 0 Å². The minimum Gasteiger partial charge on any atom is -0.497 e. The normalized spacial score (nSPS) is 10.6. The van der Waals surface area contributed by atoms with E-state index in [-0.39, 0.29) is 6.42 Å². The first-order chi connectivity index (χ1) is 11.6. The van der Waals surface area contributed by atoms with Crippen LogP contribution in [0.2, 0.25) is 0 Å². The molecule has 9 nitrogen and oxygen atoms in total. The van der Waals surface area contributed by atoms with Crippen LogP contribution in [0.5, 0.6) is 11.5 Å². The summed E-state index contributed by atoms with van der Waals surface area (Å²) in [6, 6.07) is 5.11. The van der Waals surface area contributed by atoms with Gasteiger partial charge in [0.05, 0.1) is 31.5 Å². The summed E-state index contributed by atoms with van der Waals surface area (Å²) in [5.74, 6) is 1.17. The summed E-state index contributed by atoms with van der Waals surface area (Å²) in [5, 5.41) is 19.2. The van der Waals surface area contributed by atoms with Crippen molar-refractivity contribution in [2.45, 2.75) is 6.42 Å². The second-order valence-electron chi connectivity index (χ2n) is 4.92. The maximum atomic E-state index is 10.7. The lowest BCUT2D eigenvalue weighted by molar-refractivity contribution is -0.136. The molecule has 124 valence electrons. The van der Waals surface area contributed by atoms with Gasteiger partial charge in [-0.25, -0.2) is 9.97 Å². The summed E-state index contributed by atoms with van der Waals surface area (Å²) in [6.07, 6.45) is 1.27. The third-order valence-electron chi connectivity index (χ3n) is 3.35. The van der Waals surface area contributed by atoms with Crippen molar-refractivity contribution in [3.05, 3.63) is 30.2 Å². The molecule has 3 rings (SSSR count). The lowest BCUT2D eigenvalue weighted by Crippen LogP contribution is -2.00. The molecule has 0 aliphatic rings. The Bertz CT molecular complexity index is 893. The second kappa shape index (κ2) is 6.41. The van der Waals surface area contributed by atoms with Crippen LogP contribution in [-0.2, 0) is 11.2 Å². The molecule has 0 fully saturated rings. The average Bonchev–Trinajstić information content (AvgIpc) is 3.00. The zero-order valence-electron chi connectivity index (χ0n) is 13.0. The van der Waals surface area contributed by atoms with E-state index in [0.717, 1.165) is 0 Å². The smallest absolute Gasteiger partial charge is 0.309 e. The molecule has 24 heavy (non-hydrogen) atoms. The van der Waals surface area contributed by atoms with Gasteiger partial charge in [0.25, 0.3) is 0 Å². The van der Waals surface area contributed by atoms with Crippen molar-refractivity contribution >= 4 is 28.5 Å². The Kier molecular flexibility index (Phi) is 4.15. The molecule has 9 heteroatoms. The molecule has 0 amide bonds. The highest BCUT2D eigenvalue weighted by Crippen LogP contribution is 2.34. The van der Waals surface area contributed by atoms with Gasteiger partial charge < -0.3 is 19.9 Å². The zero-order chi connectivity index (χ0) is 17.1. The molecule has 2 heterocycles. The number of hydrogen-bond donors (Lipinski definition) is 3. The Morgan fingerprint density at radius 2 is 2.08 bits per heavy atom. The highest BCUT2D eigenvalue weighted by molar-refractivity contribution is 5.96. The number of fused-ring (bicyclic) bond motifs is 1. The Morgan fingerprint density at radius 1 is 1.25 bits per heavy atom. The van der Waals surface area contributed by atoms with E-state index in [0.29, 0.717) is 39.7 Å². The molecular formula is C15H15N5O4. The summed E-state index contributed by atoms with van der Waals surface area (Å²) in [5.41, 5.74) is 1.13. The molecule has 1 aromatic carbocycles. The predicted octanol–water partition coefficient (Wildman–Crippen LogP) is 1.74. The van der Waals surface area contributed by atoms with Crippen molar-refractivity contribution in [2.24, 2.45) is 0 Å². The maximum absolute atomic E-state index is 10.7. The van der Waals surface area contributed by atoms with E-state index in [2.05, 4.69) is 25.5 Å². The molecule has 0 atom stereocenters. The number of aromatic nitrogens is 4. The minimum absolute atomic E-state index is 0.139. The minimum atomic E-state index is -0.938. The number of aromatic amines is 1. The van der Waals surface area contributed by atoms with Gasteiger partial charge in [-0.3, -0.25) is 9.89 Å². The van der Waals surface area contributed by atoms with E-state index in [1.54, 1.807) is 32.4 Å². The quantitative estimate of drug-likeness (QED) is 0.625. The van der Waals surface area contributed by atoms with Crippen LogP contribution in [0.1, 0.15) is 5.69 Å². The van der Waals surface area contributed by atoms with Crippen LogP contribution < -0.4 is 14.8 Å². The highest BCUT2D eigenvalue weighted by atomic mass is 16.5. The Morgan fingerprint density at radius 3 is 2.79 bits per heavy atom. The lowest BCUT2D eigenvalue weighted by atomic mass is 10.2. The molecule has 0 aliphatic heterocycles. The number of rotatable bonds is 6. The molecule has 3 N–H and O–H groups in total. The Hall–Kier alpha value is -3.36. The van der Waals surface area contributed by atoms with Crippen molar-refractivity contribution in [1.82, 2.24) is 20.2 Å².